The van der Waals surface area contributed by atoms with Gasteiger partial charge in [-0.1, -0.05) is 0 Å². The minimum Gasteiger partial charge on any atom is -0.311 e. The highest BCUT2D eigenvalue weighted by molar-refractivity contribution is 6.04. The fourth-order valence-corrected chi connectivity index (χ4v) is 3.42. The molecule has 3 rings (SSSR count). The molecule has 0 aromatic heterocycles. The van der Waals surface area contributed by atoms with Crippen molar-refractivity contribution in [3.8, 4) is 6.07 Å². The minimum absolute atomic E-state index is 0.000276. The van der Waals surface area contributed by atoms with Crippen LogP contribution in [0.5, 0.6) is 0 Å². The molecule has 2 amide bonds. The molecule has 0 radical (unpaired) electrons. The van der Waals surface area contributed by atoms with Gasteiger partial charge >= 0.3 is 12.2 Å². The third-order valence-electron chi connectivity index (χ3n) is 4.77. The van der Waals surface area contributed by atoms with Crippen molar-refractivity contribution in [2.75, 3.05) is 11.4 Å². The van der Waals surface area contributed by atoms with E-state index in [2.05, 4.69) is 0 Å². The van der Waals surface area contributed by atoms with E-state index in [9.17, 15) is 22.8 Å². The molecule has 2 fully saturated rings. The predicted molar refractivity (Wildman–Crippen MR) is 78.5 cm³/mol. The van der Waals surface area contributed by atoms with Gasteiger partial charge in [0.15, 0.2) is 11.8 Å². The third kappa shape index (κ3) is 2.15. The van der Waals surface area contributed by atoms with E-state index in [4.69, 9.17) is 5.26 Å². The Bertz CT molecular complexity index is 782. The van der Waals surface area contributed by atoms with E-state index in [-0.39, 0.29) is 18.7 Å². The Kier molecular flexibility index (Phi) is 3.55. The van der Waals surface area contributed by atoms with Gasteiger partial charge in [-0.05, 0) is 37.1 Å². The van der Waals surface area contributed by atoms with E-state index >= 15 is 0 Å². The van der Waals surface area contributed by atoms with Crippen molar-refractivity contribution >= 4 is 17.5 Å². The number of benzene rings is 1. The van der Waals surface area contributed by atoms with E-state index in [0.29, 0.717) is 21.6 Å². The summed E-state index contributed by atoms with van der Waals surface area (Å²) in [5.41, 5.74) is 1.36. The van der Waals surface area contributed by atoms with Crippen LogP contribution in [0.1, 0.15) is 23.1 Å². The number of Topliss-reactive ketones (excluding diaryl/α,β-unsaturated/α-hetero) is 1. The Labute approximate surface area is 136 Å². The summed E-state index contributed by atoms with van der Waals surface area (Å²) in [4.78, 5) is 26.1. The van der Waals surface area contributed by atoms with Gasteiger partial charge in [0, 0.05) is 18.7 Å². The van der Waals surface area contributed by atoms with Gasteiger partial charge in [-0.2, -0.15) is 18.4 Å². The number of hydrogen-bond donors (Lipinski definition) is 0. The van der Waals surface area contributed by atoms with Crippen molar-refractivity contribution in [2.24, 2.45) is 0 Å². The van der Waals surface area contributed by atoms with Crippen LogP contribution in [-0.4, -0.2) is 41.5 Å². The summed E-state index contributed by atoms with van der Waals surface area (Å²) in [6, 6.07) is 0.179. The molecule has 2 saturated heterocycles. The summed E-state index contributed by atoms with van der Waals surface area (Å²) >= 11 is 0. The molecular weight excluding hydrogens is 323 g/mol. The molecule has 2 atom stereocenters. The topological polar surface area (TPSA) is 64.4 Å². The first-order valence-electron chi connectivity index (χ1n) is 7.38. The summed E-state index contributed by atoms with van der Waals surface area (Å²) < 4.78 is 40.9. The van der Waals surface area contributed by atoms with Crippen LogP contribution < -0.4 is 4.90 Å². The van der Waals surface area contributed by atoms with Crippen molar-refractivity contribution in [3.63, 3.8) is 0 Å². The number of fused-ring (bicyclic) bond motifs is 1. The third-order valence-corrected chi connectivity index (χ3v) is 4.77. The second kappa shape index (κ2) is 5.23. The normalized spacial score (nSPS) is 23.7. The number of amides is 2. The highest BCUT2D eigenvalue weighted by Gasteiger charge is 2.63. The predicted octanol–water partition coefficient (Wildman–Crippen LogP) is 2.69. The number of nitriles is 1. The molecule has 0 aliphatic carbocycles. The number of alkyl halides is 3. The second-order valence-electron chi connectivity index (χ2n) is 5.99. The van der Waals surface area contributed by atoms with Crippen LogP contribution in [0.25, 0.3) is 0 Å². The quantitative estimate of drug-likeness (QED) is 0.791. The lowest BCUT2D eigenvalue weighted by molar-refractivity contribution is -0.156. The van der Waals surface area contributed by atoms with E-state index in [0.717, 1.165) is 4.90 Å². The van der Waals surface area contributed by atoms with E-state index in [1.165, 1.54) is 12.1 Å². The molecule has 1 unspecified atom stereocenters. The van der Waals surface area contributed by atoms with Gasteiger partial charge in [0.1, 0.15) is 6.04 Å². The lowest BCUT2D eigenvalue weighted by atomic mass is 9.99. The molecule has 2 heterocycles. The number of carbonyl (C=O) groups excluding carboxylic acids is 2. The van der Waals surface area contributed by atoms with Crippen molar-refractivity contribution in [3.05, 3.63) is 28.8 Å². The van der Waals surface area contributed by atoms with Crippen LogP contribution in [-0.2, 0) is 4.79 Å². The molecule has 8 heteroatoms. The van der Waals surface area contributed by atoms with Gasteiger partial charge in [0.2, 0.25) is 0 Å². The average molecular weight is 337 g/mol. The fourth-order valence-electron chi connectivity index (χ4n) is 3.42. The SMILES string of the molecule is Cc1c(C#N)ccc(N2C(=O)N3CCC(=O)[C@H]3C2C(F)(F)F)c1C. The summed E-state index contributed by atoms with van der Waals surface area (Å²) in [5.74, 6) is -0.573. The molecule has 0 bridgehead atoms. The van der Waals surface area contributed by atoms with Crippen LogP contribution in [0.4, 0.5) is 23.7 Å². The number of halogens is 3. The summed E-state index contributed by atoms with van der Waals surface area (Å²) in [6.45, 7) is 3.18. The molecule has 2 aliphatic heterocycles. The van der Waals surface area contributed by atoms with Crippen LogP contribution in [0.3, 0.4) is 0 Å². The van der Waals surface area contributed by atoms with Gasteiger partial charge in [0.25, 0.3) is 0 Å². The number of urea groups is 1. The highest BCUT2D eigenvalue weighted by Crippen LogP contribution is 2.42. The smallest absolute Gasteiger partial charge is 0.311 e. The molecule has 126 valence electrons. The molecular formula is C16H14F3N3O2. The molecule has 0 spiro atoms. The second-order valence-corrected chi connectivity index (χ2v) is 5.99. The molecule has 5 nitrogen and oxygen atoms in total. The Morgan fingerprint density at radius 2 is 1.88 bits per heavy atom. The Morgan fingerprint density at radius 1 is 1.21 bits per heavy atom. The Morgan fingerprint density at radius 3 is 2.46 bits per heavy atom. The maximum absolute atomic E-state index is 13.6. The zero-order chi connectivity index (χ0) is 17.8. The number of anilines is 1. The molecule has 0 N–H and O–H groups in total. The first-order valence-corrected chi connectivity index (χ1v) is 7.38. The van der Waals surface area contributed by atoms with Gasteiger partial charge in [-0.15, -0.1) is 0 Å². The minimum atomic E-state index is -4.73. The number of ketones is 1. The lowest BCUT2D eigenvalue weighted by Gasteiger charge is -2.29. The molecule has 24 heavy (non-hydrogen) atoms. The zero-order valence-electron chi connectivity index (χ0n) is 13.0. The zero-order valence-corrected chi connectivity index (χ0v) is 13.0. The first kappa shape index (κ1) is 16.3. The van der Waals surface area contributed by atoms with Crippen molar-refractivity contribution in [1.29, 1.82) is 5.26 Å². The van der Waals surface area contributed by atoms with E-state index in [1.807, 2.05) is 6.07 Å². The van der Waals surface area contributed by atoms with Gasteiger partial charge < -0.3 is 4.90 Å². The summed E-state index contributed by atoms with van der Waals surface area (Å²) in [6.07, 6.45) is -4.79. The standard InChI is InChI=1S/C16H14F3N3O2/c1-8-9(2)11(4-3-10(8)7-20)22-14(16(17,18)19)13-12(23)5-6-21(13)15(22)24/h3-4,13-14H,5-6H2,1-2H3/t13-,14?/m0/s1. The van der Waals surface area contributed by atoms with Gasteiger partial charge in [0.05, 0.1) is 11.6 Å². The summed E-state index contributed by atoms with van der Waals surface area (Å²) in [5, 5.41) is 9.03. The average Bonchev–Trinajstić information content (AvgIpc) is 3.01. The first-order chi connectivity index (χ1) is 11.2. The van der Waals surface area contributed by atoms with Gasteiger partial charge in [-0.25, -0.2) is 4.79 Å². The van der Waals surface area contributed by atoms with Crippen LogP contribution in [0.15, 0.2) is 12.1 Å². The number of hydrogen-bond acceptors (Lipinski definition) is 3. The Balaban J connectivity index is 2.16. The maximum atomic E-state index is 13.6. The molecule has 1 aromatic carbocycles. The maximum Gasteiger partial charge on any atom is 0.411 e. The summed E-state index contributed by atoms with van der Waals surface area (Å²) in [7, 11) is 0. The van der Waals surface area contributed by atoms with Crippen LogP contribution in [0, 0.1) is 25.2 Å². The van der Waals surface area contributed by atoms with Crippen molar-refractivity contribution < 1.29 is 22.8 Å². The number of carbonyl (C=O) groups is 2. The van der Waals surface area contributed by atoms with Crippen LogP contribution in [0.2, 0.25) is 0 Å². The van der Waals surface area contributed by atoms with Crippen molar-refractivity contribution in [1.82, 2.24) is 4.90 Å². The lowest BCUT2D eigenvalue weighted by Crippen LogP contribution is -2.50. The Hall–Kier alpha value is -2.56. The van der Waals surface area contributed by atoms with Crippen LogP contribution >= 0.6 is 0 Å². The molecule has 2 aliphatic rings. The largest absolute Gasteiger partial charge is 0.411 e. The molecule has 0 saturated carbocycles. The molecule has 1 aromatic rings. The number of rotatable bonds is 1. The monoisotopic (exact) mass is 337 g/mol. The van der Waals surface area contributed by atoms with Gasteiger partial charge in [-0.3, -0.25) is 9.69 Å². The fraction of sp³-hybridized carbons (Fsp3) is 0.438. The van der Waals surface area contributed by atoms with E-state index in [1.54, 1.807) is 13.8 Å². The van der Waals surface area contributed by atoms with E-state index < -0.39 is 30.1 Å². The van der Waals surface area contributed by atoms with Crippen molar-refractivity contribution in [2.45, 2.75) is 38.5 Å². The number of nitrogens with zero attached hydrogens (tertiary/aromatic N) is 3. The highest BCUT2D eigenvalue weighted by atomic mass is 19.4.